The van der Waals surface area contributed by atoms with Crippen LogP contribution >= 0.6 is 23.2 Å². The molecule has 0 radical (unpaired) electrons. The lowest BCUT2D eigenvalue weighted by atomic mass is 10.1. The number of carbonyl (C=O) groups is 2. The Kier molecular flexibility index (Phi) is 8.68. The van der Waals surface area contributed by atoms with Crippen molar-refractivity contribution in [2.24, 2.45) is 0 Å². The normalized spacial score (nSPS) is 11.4. The lowest BCUT2D eigenvalue weighted by Crippen LogP contribution is -2.25. The summed E-state index contributed by atoms with van der Waals surface area (Å²) in [5.41, 5.74) is 3.93. The van der Waals surface area contributed by atoms with E-state index in [0.717, 1.165) is 64.7 Å². The number of carbonyl (C=O) groups excluding carboxylic acids is 2. The van der Waals surface area contributed by atoms with Gasteiger partial charge in [0.25, 0.3) is 11.8 Å². The zero-order valence-corrected chi connectivity index (χ0v) is 25.0. The number of rotatable bonds is 10. The Labute approximate surface area is 259 Å². The predicted molar refractivity (Wildman–Crippen MR) is 176 cm³/mol. The van der Waals surface area contributed by atoms with Crippen LogP contribution in [0.3, 0.4) is 0 Å². The van der Waals surface area contributed by atoms with Crippen LogP contribution in [0.1, 0.15) is 52.8 Å². The van der Waals surface area contributed by atoms with E-state index in [4.69, 9.17) is 33.2 Å². The first-order valence-electron chi connectivity index (χ1n) is 14.5. The quantitative estimate of drug-likeness (QED) is 0.121. The zero-order valence-electron chi connectivity index (χ0n) is 23.5. The first-order chi connectivity index (χ1) is 21.0. The fraction of sp³-hybridized carbons (Fsp3) is 0.200. The van der Waals surface area contributed by atoms with Gasteiger partial charge in [-0.2, -0.15) is 0 Å². The van der Waals surface area contributed by atoms with Gasteiger partial charge in [-0.3, -0.25) is 9.59 Å². The number of pyridine rings is 2. The van der Waals surface area contributed by atoms with Crippen molar-refractivity contribution < 1.29 is 9.59 Å². The van der Waals surface area contributed by atoms with Crippen LogP contribution in [-0.2, 0) is 0 Å². The molecule has 0 saturated heterocycles. The second-order valence-corrected chi connectivity index (χ2v) is 11.4. The average molecular weight is 610 g/mol. The third kappa shape index (κ3) is 6.26. The Morgan fingerprint density at radius 3 is 1.44 bits per heavy atom. The molecule has 6 aromatic rings. The number of fused-ring (bicyclic) bond motifs is 4. The van der Waals surface area contributed by atoms with Crippen LogP contribution in [0.2, 0.25) is 10.0 Å². The molecule has 0 bridgehead atoms. The molecule has 2 N–H and O–H groups in total. The third-order valence-electron chi connectivity index (χ3n) is 7.68. The molecule has 216 valence electrons. The van der Waals surface area contributed by atoms with E-state index in [2.05, 4.69) is 10.6 Å². The fourth-order valence-corrected chi connectivity index (χ4v) is 5.81. The Morgan fingerprint density at radius 2 is 0.977 bits per heavy atom. The molecule has 6 rings (SSSR count). The smallest absolute Gasteiger partial charge is 0.253 e. The lowest BCUT2D eigenvalue weighted by Gasteiger charge is -2.10. The summed E-state index contributed by atoms with van der Waals surface area (Å²) in [6.07, 6.45) is 4.72. The lowest BCUT2D eigenvalue weighted by molar-refractivity contribution is 0.0947. The molecule has 2 heterocycles. The van der Waals surface area contributed by atoms with E-state index in [9.17, 15) is 9.59 Å². The number of nitrogens with zero attached hydrogens (tertiary/aromatic N) is 2. The molecule has 2 amide bonds. The first-order valence-corrected chi connectivity index (χ1v) is 15.3. The van der Waals surface area contributed by atoms with Gasteiger partial charge in [-0.15, -0.1) is 0 Å². The molecule has 2 aromatic heterocycles. The highest BCUT2D eigenvalue weighted by Crippen LogP contribution is 2.30. The van der Waals surface area contributed by atoms with Gasteiger partial charge in [-0.1, -0.05) is 78.9 Å². The Morgan fingerprint density at radius 1 is 0.558 bits per heavy atom. The van der Waals surface area contributed by atoms with Crippen molar-refractivity contribution in [2.75, 3.05) is 13.1 Å². The number of unbranched alkanes of at least 4 members (excludes halogenated alkanes) is 4. The number of amides is 2. The van der Waals surface area contributed by atoms with Gasteiger partial charge in [-0.05, 0) is 61.4 Å². The molecule has 6 nitrogen and oxygen atoms in total. The van der Waals surface area contributed by atoms with Crippen molar-refractivity contribution >= 4 is 78.6 Å². The second kappa shape index (κ2) is 12.9. The Hall–Kier alpha value is -4.26. The number of halogens is 2. The van der Waals surface area contributed by atoms with Gasteiger partial charge < -0.3 is 10.6 Å². The van der Waals surface area contributed by atoms with E-state index in [0.29, 0.717) is 45.3 Å². The molecule has 0 aliphatic rings. The molecular weight excluding hydrogens is 579 g/mol. The van der Waals surface area contributed by atoms with Gasteiger partial charge in [0, 0.05) is 34.6 Å². The largest absolute Gasteiger partial charge is 0.352 e. The number of hydrogen-bond acceptors (Lipinski definition) is 4. The maximum Gasteiger partial charge on any atom is 0.253 e. The monoisotopic (exact) mass is 608 g/mol. The number of hydrogen-bond donors (Lipinski definition) is 2. The maximum absolute atomic E-state index is 13.0. The second-order valence-electron chi connectivity index (χ2n) is 10.6. The van der Waals surface area contributed by atoms with Crippen LogP contribution < -0.4 is 10.6 Å². The zero-order chi connectivity index (χ0) is 29.8. The maximum atomic E-state index is 13.0. The summed E-state index contributed by atoms with van der Waals surface area (Å²) >= 11 is 12.9. The van der Waals surface area contributed by atoms with E-state index >= 15 is 0 Å². The topological polar surface area (TPSA) is 84.0 Å². The molecule has 0 atom stereocenters. The number of aromatic nitrogens is 2. The summed E-state index contributed by atoms with van der Waals surface area (Å²) < 4.78 is 0. The fourth-order valence-electron chi connectivity index (χ4n) is 5.40. The average Bonchev–Trinajstić information content (AvgIpc) is 3.02. The van der Waals surface area contributed by atoms with E-state index in [-0.39, 0.29) is 11.8 Å². The standard InChI is InChI=1S/C35H30Cl2N4O2/c36-28-16-14-24(32-26(28)20-22-10-4-6-12-30(22)40-32)34(42)38-18-8-2-1-3-9-19-39-35(43)25-15-17-29(37)27-21-23-11-5-7-13-31(23)41-33(25)27/h4-7,10-17,20-21H,1-3,8-9,18-19H2,(H,38,42)(H,39,43). The van der Waals surface area contributed by atoms with Crippen LogP contribution in [0.5, 0.6) is 0 Å². The summed E-state index contributed by atoms with van der Waals surface area (Å²) in [6.45, 7) is 1.16. The van der Waals surface area contributed by atoms with Crippen LogP contribution in [0.15, 0.2) is 84.9 Å². The minimum Gasteiger partial charge on any atom is -0.352 e. The van der Waals surface area contributed by atoms with Gasteiger partial charge in [0.1, 0.15) is 0 Å². The van der Waals surface area contributed by atoms with E-state index in [1.807, 2.05) is 60.7 Å². The highest BCUT2D eigenvalue weighted by atomic mass is 35.5. The molecule has 4 aromatic carbocycles. The molecule has 0 saturated carbocycles. The molecule has 43 heavy (non-hydrogen) atoms. The number of nitrogens with one attached hydrogen (secondary N) is 2. The highest BCUT2D eigenvalue weighted by Gasteiger charge is 2.15. The van der Waals surface area contributed by atoms with E-state index in [1.54, 1.807) is 24.3 Å². The molecule has 0 unspecified atom stereocenters. The molecular formula is C35H30Cl2N4O2. The minimum absolute atomic E-state index is 0.149. The van der Waals surface area contributed by atoms with E-state index < -0.39 is 0 Å². The number of benzene rings is 4. The Balaban J connectivity index is 0.953. The van der Waals surface area contributed by atoms with Crippen LogP contribution in [-0.4, -0.2) is 34.9 Å². The molecule has 0 aliphatic heterocycles. The molecule has 0 spiro atoms. The number of para-hydroxylation sites is 2. The summed E-state index contributed by atoms with van der Waals surface area (Å²) in [4.78, 5) is 35.4. The molecule has 0 fully saturated rings. The van der Waals surface area contributed by atoms with Crippen molar-refractivity contribution in [3.63, 3.8) is 0 Å². The summed E-state index contributed by atoms with van der Waals surface area (Å²) in [6, 6.07) is 26.5. The van der Waals surface area contributed by atoms with Gasteiger partial charge in [-0.25, -0.2) is 9.97 Å². The van der Waals surface area contributed by atoms with Crippen LogP contribution in [0.4, 0.5) is 0 Å². The Bertz CT molecular complexity index is 1850. The SMILES string of the molecule is O=C(NCCCCCCCNC(=O)c1ccc(Cl)c2cc3ccccc3nc12)c1ccc(Cl)c2cc3ccccc3nc12. The van der Waals surface area contributed by atoms with E-state index in [1.165, 1.54) is 0 Å². The van der Waals surface area contributed by atoms with Crippen molar-refractivity contribution in [2.45, 2.75) is 32.1 Å². The minimum atomic E-state index is -0.149. The van der Waals surface area contributed by atoms with Gasteiger partial charge in [0.05, 0.1) is 43.2 Å². The van der Waals surface area contributed by atoms with Crippen molar-refractivity contribution in [3.8, 4) is 0 Å². The van der Waals surface area contributed by atoms with Gasteiger partial charge in [0.2, 0.25) is 0 Å². The summed E-state index contributed by atoms with van der Waals surface area (Å²) in [5.74, 6) is -0.297. The van der Waals surface area contributed by atoms with Crippen molar-refractivity contribution in [1.82, 2.24) is 20.6 Å². The van der Waals surface area contributed by atoms with Crippen LogP contribution in [0.25, 0.3) is 43.6 Å². The van der Waals surface area contributed by atoms with Crippen molar-refractivity contribution in [1.29, 1.82) is 0 Å². The predicted octanol–water partition coefficient (Wildman–Crippen LogP) is 8.51. The molecule has 8 heteroatoms. The summed E-state index contributed by atoms with van der Waals surface area (Å²) in [5, 5.41) is 10.7. The van der Waals surface area contributed by atoms with Crippen LogP contribution in [0, 0.1) is 0 Å². The third-order valence-corrected chi connectivity index (χ3v) is 8.34. The molecule has 0 aliphatic carbocycles. The first kappa shape index (κ1) is 28.8. The summed E-state index contributed by atoms with van der Waals surface area (Å²) in [7, 11) is 0. The van der Waals surface area contributed by atoms with Crippen molar-refractivity contribution in [3.05, 3.63) is 106 Å². The van der Waals surface area contributed by atoms with Gasteiger partial charge >= 0.3 is 0 Å². The highest BCUT2D eigenvalue weighted by molar-refractivity contribution is 6.37. The van der Waals surface area contributed by atoms with Gasteiger partial charge in [0.15, 0.2) is 0 Å².